The van der Waals surface area contributed by atoms with Gasteiger partial charge in [-0.25, -0.2) is 0 Å². The molecule has 3 heteroatoms. The molecule has 1 unspecified atom stereocenters. The monoisotopic (exact) mass is 241 g/mol. The zero-order valence-corrected chi connectivity index (χ0v) is 11.1. The van der Waals surface area contributed by atoms with Gasteiger partial charge in [-0.3, -0.25) is 4.79 Å². The quantitative estimate of drug-likeness (QED) is 0.641. The number of hydrogen-bond acceptors (Lipinski definition) is 2. The van der Waals surface area contributed by atoms with Crippen LogP contribution in [0.5, 0.6) is 0 Å². The Labute approximate surface area is 105 Å². The first-order valence-corrected chi connectivity index (χ1v) is 7.10. The molecule has 0 bridgehead atoms. The third-order valence-corrected chi connectivity index (χ3v) is 3.76. The van der Waals surface area contributed by atoms with Crippen LogP contribution in [-0.4, -0.2) is 24.2 Å². The van der Waals surface area contributed by atoms with E-state index in [1.165, 1.54) is 25.7 Å². The second kappa shape index (κ2) is 8.51. The zero-order valence-electron chi connectivity index (χ0n) is 11.1. The molecule has 0 aromatic carbocycles. The van der Waals surface area contributed by atoms with Gasteiger partial charge in [-0.2, -0.15) is 0 Å². The van der Waals surface area contributed by atoms with Crippen molar-refractivity contribution >= 4 is 5.91 Å². The summed E-state index contributed by atoms with van der Waals surface area (Å²) in [5.41, 5.74) is 0. The molecule has 0 aromatic rings. The summed E-state index contributed by atoms with van der Waals surface area (Å²) in [5.74, 6) is 1.36. The van der Waals surface area contributed by atoms with Gasteiger partial charge < -0.3 is 10.4 Å². The molecule has 0 aromatic heterocycles. The lowest BCUT2D eigenvalue weighted by atomic mass is 10.0. The fourth-order valence-corrected chi connectivity index (χ4v) is 2.49. The molecule has 0 heterocycles. The van der Waals surface area contributed by atoms with E-state index in [0.717, 1.165) is 31.7 Å². The van der Waals surface area contributed by atoms with Crippen molar-refractivity contribution in [2.45, 2.75) is 58.3 Å². The largest absolute Gasteiger partial charge is 0.396 e. The van der Waals surface area contributed by atoms with Crippen molar-refractivity contribution in [2.75, 3.05) is 13.2 Å². The van der Waals surface area contributed by atoms with Gasteiger partial charge in [-0.15, -0.1) is 0 Å². The summed E-state index contributed by atoms with van der Waals surface area (Å²) in [5, 5.41) is 11.8. The molecule has 0 saturated heterocycles. The van der Waals surface area contributed by atoms with Gasteiger partial charge in [-0.1, -0.05) is 32.6 Å². The molecule has 1 aliphatic rings. The van der Waals surface area contributed by atoms with Gasteiger partial charge in [0.15, 0.2) is 0 Å². The van der Waals surface area contributed by atoms with Gasteiger partial charge in [0.25, 0.3) is 0 Å². The number of hydrogen-bond donors (Lipinski definition) is 2. The first-order chi connectivity index (χ1) is 8.22. The van der Waals surface area contributed by atoms with Crippen molar-refractivity contribution in [2.24, 2.45) is 11.8 Å². The van der Waals surface area contributed by atoms with E-state index in [1.54, 1.807) is 0 Å². The lowest BCUT2D eigenvalue weighted by Crippen LogP contribution is -2.25. The van der Waals surface area contributed by atoms with E-state index in [-0.39, 0.29) is 12.5 Å². The molecule has 1 rings (SSSR count). The normalized spacial score (nSPS) is 18.2. The summed E-state index contributed by atoms with van der Waals surface area (Å²) in [4.78, 5) is 11.6. The minimum absolute atomic E-state index is 0.202. The van der Waals surface area contributed by atoms with Crippen LogP contribution in [0.2, 0.25) is 0 Å². The molecule has 1 aliphatic carbocycles. The summed E-state index contributed by atoms with van der Waals surface area (Å²) in [7, 11) is 0. The maximum Gasteiger partial charge on any atom is 0.220 e. The van der Waals surface area contributed by atoms with E-state index in [9.17, 15) is 4.79 Å². The topological polar surface area (TPSA) is 49.3 Å². The van der Waals surface area contributed by atoms with Crippen molar-refractivity contribution in [1.29, 1.82) is 0 Å². The molecule has 17 heavy (non-hydrogen) atoms. The van der Waals surface area contributed by atoms with Crippen molar-refractivity contribution in [3.8, 4) is 0 Å². The number of carbonyl (C=O) groups excluding carboxylic acids is 1. The van der Waals surface area contributed by atoms with Gasteiger partial charge in [0.2, 0.25) is 5.91 Å². The summed E-state index contributed by atoms with van der Waals surface area (Å²) in [6.45, 7) is 3.03. The van der Waals surface area contributed by atoms with Crippen molar-refractivity contribution in [3.05, 3.63) is 0 Å². The molecule has 1 fully saturated rings. The predicted molar refractivity (Wildman–Crippen MR) is 69.7 cm³/mol. The highest BCUT2D eigenvalue weighted by Crippen LogP contribution is 2.28. The Morgan fingerprint density at radius 3 is 2.76 bits per heavy atom. The van der Waals surface area contributed by atoms with Crippen LogP contribution in [-0.2, 0) is 4.79 Å². The third-order valence-electron chi connectivity index (χ3n) is 3.76. The van der Waals surface area contributed by atoms with Crippen molar-refractivity contribution < 1.29 is 9.90 Å². The summed E-state index contributed by atoms with van der Waals surface area (Å²) in [6, 6.07) is 0. The molecule has 100 valence electrons. The van der Waals surface area contributed by atoms with E-state index in [2.05, 4.69) is 5.32 Å². The maximum atomic E-state index is 11.6. The summed E-state index contributed by atoms with van der Waals surface area (Å²) >= 11 is 0. The minimum atomic E-state index is 0.202. The first kappa shape index (κ1) is 14.5. The Morgan fingerprint density at radius 2 is 2.12 bits per heavy atom. The van der Waals surface area contributed by atoms with Crippen LogP contribution in [0, 0.1) is 11.8 Å². The van der Waals surface area contributed by atoms with Crippen molar-refractivity contribution in [1.82, 2.24) is 5.32 Å². The Hall–Kier alpha value is -0.570. The highest BCUT2D eigenvalue weighted by atomic mass is 16.3. The Kier molecular flexibility index (Phi) is 7.25. The number of aliphatic hydroxyl groups is 1. The number of rotatable bonds is 8. The highest BCUT2D eigenvalue weighted by Gasteiger charge is 2.15. The molecule has 1 amide bonds. The standard InChI is InChI=1S/C14H27NO2/c1-12(11-16)5-4-10-15-14(17)9-8-13-6-2-3-7-13/h12-13,16H,2-11H2,1H3,(H,15,17). The minimum Gasteiger partial charge on any atom is -0.396 e. The average molecular weight is 241 g/mol. The van der Waals surface area contributed by atoms with Crippen LogP contribution in [0.15, 0.2) is 0 Å². The molecule has 3 nitrogen and oxygen atoms in total. The highest BCUT2D eigenvalue weighted by molar-refractivity contribution is 5.75. The van der Waals surface area contributed by atoms with Crippen LogP contribution in [0.3, 0.4) is 0 Å². The van der Waals surface area contributed by atoms with E-state index in [0.29, 0.717) is 12.3 Å². The van der Waals surface area contributed by atoms with Gasteiger partial charge >= 0.3 is 0 Å². The van der Waals surface area contributed by atoms with Gasteiger partial charge in [0.1, 0.15) is 0 Å². The number of aliphatic hydroxyl groups excluding tert-OH is 1. The molecular formula is C14H27NO2. The SMILES string of the molecule is CC(CO)CCCNC(=O)CCC1CCCC1. The van der Waals surface area contributed by atoms with Gasteiger partial charge in [-0.05, 0) is 31.1 Å². The number of carbonyl (C=O) groups is 1. The predicted octanol–water partition coefficient (Wildman–Crippen LogP) is 2.48. The molecular weight excluding hydrogens is 214 g/mol. The lowest BCUT2D eigenvalue weighted by molar-refractivity contribution is -0.121. The fraction of sp³-hybridized carbons (Fsp3) is 0.929. The molecule has 0 radical (unpaired) electrons. The average Bonchev–Trinajstić information content (AvgIpc) is 2.84. The first-order valence-electron chi connectivity index (χ1n) is 7.10. The van der Waals surface area contributed by atoms with Crippen LogP contribution in [0.1, 0.15) is 58.3 Å². The van der Waals surface area contributed by atoms with E-state index in [1.807, 2.05) is 6.92 Å². The van der Waals surface area contributed by atoms with Gasteiger partial charge in [0, 0.05) is 19.6 Å². The summed E-state index contributed by atoms with van der Waals surface area (Å²) in [6.07, 6.45) is 9.06. The van der Waals surface area contributed by atoms with Crippen LogP contribution in [0.4, 0.5) is 0 Å². The van der Waals surface area contributed by atoms with Crippen LogP contribution >= 0.6 is 0 Å². The Balaban J connectivity index is 1.93. The smallest absolute Gasteiger partial charge is 0.220 e. The second-order valence-electron chi connectivity index (χ2n) is 5.47. The third kappa shape index (κ3) is 6.67. The van der Waals surface area contributed by atoms with E-state index in [4.69, 9.17) is 5.11 Å². The van der Waals surface area contributed by atoms with Crippen LogP contribution < -0.4 is 5.32 Å². The van der Waals surface area contributed by atoms with E-state index < -0.39 is 0 Å². The molecule has 1 atom stereocenters. The maximum absolute atomic E-state index is 11.6. The Morgan fingerprint density at radius 1 is 1.41 bits per heavy atom. The van der Waals surface area contributed by atoms with Crippen molar-refractivity contribution in [3.63, 3.8) is 0 Å². The number of nitrogens with one attached hydrogen (secondary N) is 1. The van der Waals surface area contributed by atoms with Crippen LogP contribution in [0.25, 0.3) is 0 Å². The molecule has 0 aliphatic heterocycles. The molecule has 1 saturated carbocycles. The van der Waals surface area contributed by atoms with E-state index >= 15 is 0 Å². The number of amides is 1. The molecule has 0 spiro atoms. The fourth-order valence-electron chi connectivity index (χ4n) is 2.49. The second-order valence-corrected chi connectivity index (χ2v) is 5.47. The van der Waals surface area contributed by atoms with Gasteiger partial charge in [0.05, 0.1) is 0 Å². The Bertz CT molecular complexity index is 212. The zero-order chi connectivity index (χ0) is 12.5. The lowest BCUT2D eigenvalue weighted by Gasteiger charge is -2.10. The summed E-state index contributed by atoms with van der Waals surface area (Å²) < 4.78 is 0. The molecule has 2 N–H and O–H groups in total.